The molecule has 7 heteroatoms. The van der Waals surface area contributed by atoms with Gasteiger partial charge in [0.15, 0.2) is 0 Å². The summed E-state index contributed by atoms with van der Waals surface area (Å²) in [6.45, 7) is 2.03. The lowest BCUT2D eigenvalue weighted by Crippen LogP contribution is -2.48. The van der Waals surface area contributed by atoms with Crippen LogP contribution in [0.15, 0.2) is 5.22 Å². The summed E-state index contributed by atoms with van der Waals surface area (Å²) in [5.74, 6) is 0.101. The highest BCUT2D eigenvalue weighted by molar-refractivity contribution is 5.81. The van der Waals surface area contributed by atoms with E-state index in [0.717, 1.165) is 25.9 Å². The minimum Gasteiger partial charge on any atom is -0.320 e. The fourth-order valence-corrected chi connectivity index (χ4v) is 2.29. The van der Waals surface area contributed by atoms with Gasteiger partial charge in [-0.25, -0.2) is 5.43 Å². The highest BCUT2D eigenvalue weighted by atomic mass is 16.2. The van der Waals surface area contributed by atoms with Gasteiger partial charge in [0.1, 0.15) is 0 Å². The predicted octanol–water partition coefficient (Wildman–Crippen LogP) is -0.646. The van der Waals surface area contributed by atoms with E-state index in [1.165, 1.54) is 0 Å². The first-order valence-corrected chi connectivity index (χ1v) is 5.99. The third-order valence-electron chi connectivity index (χ3n) is 3.29. The van der Waals surface area contributed by atoms with E-state index in [4.69, 9.17) is 11.3 Å². The first-order valence-electron chi connectivity index (χ1n) is 5.99. The van der Waals surface area contributed by atoms with Gasteiger partial charge in [-0.05, 0) is 45.3 Å². The van der Waals surface area contributed by atoms with E-state index < -0.39 is 11.9 Å². The Labute approximate surface area is 101 Å². The summed E-state index contributed by atoms with van der Waals surface area (Å²) >= 11 is 0. The Morgan fingerprint density at radius 1 is 1.71 bits per heavy atom. The molecule has 0 aliphatic carbocycles. The molecule has 6 N–H and O–H groups in total. The molecule has 0 spiro atoms. The van der Waals surface area contributed by atoms with Crippen molar-refractivity contribution < 1.29 is 4.79 Å². The molecule has 0 saturated carbocycles. The van der Waals surface area contributed by atoms with Crippen LogP contribution < -0.4 is 21.8 Å². The molecule has 1 saturated heterocycles. The van der Waals surface area contributed by atoms with Crippen LogP contribution in [-0.2, 0) is 4.79 Å². The molecule has 98 valence electrons. The van der Waals surface area contributed by atoms with Crippen LogP contribution in [-0.4, -0.2) is 38.1 Å². The largest absolute Gasteiger partial charge is 0.320 e. The van der Waals surface area contributed by atoms with E-state index in [9.17, 15) is 4.79 Å². The van der Waals surface area contributed by atoms with Crippen LogP contribution in [0, 0.1) is 11.4 Å². The molecule has 0 bridgehead atoms. The Morgan fingerprint density at radius 3 is 3.00 bits per heavy atom. The van der Waals surface area contributed by atoms with Crippen molar-refractivity contribution >= 4 is 5.91 Å². The minimum atomic E-state index is -0.622. The van der Waals surface area contributed by atoms with E-state index in [1.807, 2.05) is 7.05 Å². The quantitative estimate of drug-likeness (QED) is 0.314. The SMILES string of the molecule is CNC(CC(N)C(=O)NN=N)C1CCCNC1. The summed E-state index contributed by atoms with van der Waals surface area (Å²) in [5.41, 5.74) is 14.4. The molecule has 1 fully saturated rings. The number of carbonyl (C=O) groups excluding carboxylic acids is 1. The van der Waals surface area contributed by atoms with Crippen molar-refractivity contribution in [1.82, 2.24) is 16.1 Å². The zero-order valence-electron chi connectivity index (χ0n) is 10.2. The second kappa shape index (κ2) is 7.31. The second-order valence-corrected chi connectivity index (χ2v) is 4.43. The maximum Gasteiger partial charge on any atom is 0.258 e. The number of nitrogens with one attached hydrogen (secondary N) is 4. The van der Waals surface area contributed by atoms with Gasteiger partial charge in [0.25, 0.3) is 5.91 Å². The van der Waals surface area contributed by atoms with Gasteiger partial charge < -0.3 is 16.4 Å². The number of hydrogen-bond acceptors (Lipinski definition) is 6. The summed E-state index contributed by atoms with van der Waals surface area (Å²) in [4.78, 5) is 11.4. The van der Waals surface area contributed by atoms with E-state index in [1.54, 1.807) is 0 Å². The second-order valence-electron chi connectivity index (χ2n) is 4.43. The monoisotopic (exact) mass is 242 g/mol. The van der Waals surface area contributed by atoms with Gasteiger partial charge >= 0.3 is 0 Å². The molecular weight excluding hydrogens is 220 g/mol. The van der Waals surface area contributed by atoms with Crippen molar-refractivity contribution in [3.8, 4) is 0 Å². The van der Waals surface area contributed by atoms with Crippen molar-refractivity contribution in [3.05, 3.63) is 0 Å². The van der Waals surface area contributed by atoms with Gasteiger partial charge in [0, 0.05) is 6.04 Å². The lowest BCUT2D eigenvalue weighted by Gasteiger charge is -2.31. The zero-order chi connectivity index (χ0) is 12.7. The van der Waals surface area contributed by atoms with Crippen LogP contribution in [0.25, 0.3) is 0 Å². The van der Waals surface area contributed by atoms with Gasteiger partial charge in [-0.15, -0.1) is 0 Å². The average Bonchev–Trinajstić information content (AvgIpc) is 2.37. The molecule has 17 heavy (non-hydrogen) atoms. The van der Waals surface area contributed by atoms with Crippen molar-refractivity contribution in [1.29, 1.82) is 5.53 Å². The van der Waals surface area contributed by atoms with Gasteiger partial charge in [0.2, 0.25) is 0 Å². The Hall–Kier alpha value is -1.05. The zero-order valence-corrected chi connectivity index (χ0v) is 10.2. The average molecular weight is 242 g/mol. The number of nitrogens with zero attached hydrogens (tertiary/aromatic N) is 1. The molecular formula is C10H22N6O. The molecule has 7 nitrogen and oxygen atoms in total. The summed E-state index contributed by atoms with van der Waals surface area (Å²) in [6, 6.07) is -0.405. The maximum atomic E-state index is 11.4. The number of rotatable bonds is 6. The topological polar surface area (TPSA) is 115 Å². The van der Waals surface area contributed by atoms with Gasteiger partial charge in [-0.2, -0.15) is 5.53 Å². The molecule has 1 amide bonds. The smallest absolute Gasteiger partial charge is 0.258 e. The minimum absolute atomic E-state index is 0.217. The molecule has 3 unspecified atom stereocenters. The highest BCUT2D eigenvalue weighted by Gasteiger charge is 2.26. The molecule has 3 atom stereocenters. The Balaban J connectivity index is 2.44. The first-order chi connectivity index (χ1) is 8.19. The third-order valence-corrected chi connectivity index (χ3v) is 3.29. The first kappa shape index (κ1) is 14.0. The third kappa shape index (κ3) is 4.37. The fourth-order valence-electron chi connectivity index (χ4n) is 2.29. The Morgan fingerprint density at radius 2 is 2.47 bits per heavy atom. The number of carbonyl (C=O) groups is 1. The van der Waals surface area contributed by atoms with Gasteiger partial charge in [-0.3, -0.25) is 4.79 Å². The number of nitrogens with two attached hydrogens (primary N) is 1. The number of piperidine rings is 1. The van der Waals surface area contributed by atoms with Crippen LogP contribution in [0.5, 0.6) is 0 Å². The molecule has 1 rings (SSSR count). The molecule has 0 aromatic carbocycles. The molecule has 1 aliphatic heterocycles. The maximum absolute atomic E-state index is 11.4. The fraction of sp³-hybridized carbons (Fsp3) is 0.900. The van der Waals surface area contributed by atoms with Crippen molar-refractivity contribution in [3.63, 3.8) is 0 Å². The molecule has 1 heterocycles. The van der Waals surface area contributed by atoms with Crippen LogP contribution in [0.1, 0.15) is 19.3 Å². The number of amides is 1. The van der Waals surface area contributed by atoms with Crippen molar-refractivity contribution in [2.24, 2.45) is 16.9 Å². The lowest BCUT2D eigenvalue weighted by molar-refractivity contribution is -0.122. The van der Waals surface area contributed by atoms with E-state index in [0.29, 0.717) is 12.3 Å². The van der Waals surface area contributed by atoms with E-state index >= 15 is 0 Å². The van der Waals surface area contributed by atoms with Gasteiger partial charge in [-0.1, -0.05) is 5.22 Å². The normalized spacial score (nSPS) is 23.8. The van der Waals surface area contributed by atoms with Gasteiger partial charge in [0.05, 0.1) is 6.04 Å². The predicted molar refractivity (Wildman–Crippen MR) is 64.3 cm³/mol. The molecule has 1 aliphatic rings. The highest BCUT2D eigenvalue weighted by Crippen LogP contribution is 2.17. The van der Waals surface area contributed by atoms with E-state index in [-0.39, 0.29) is 6.04 Å². The molecule has 0 aromatic rings. The lowest BCUT2D eigenvalue weighted by atomic mass is 9.88. The van der Waals surface area contributed by atoms with Crippen LogP contribution >= 0.6 is 0 Å². The summed E-state index contributed by atoms with van der Waals surface area (Å²) in [6.07, 6.45) is 2.87. The Kier molecular flexibility index (Phi) is 6.03. The molecule has 0 radical (unpaired) electrons. The number of hydrogen-bond donors (Lipinski definition) is 5. The van der Waals surface area contributed by atoms with E-state index in [2.05, 4.69) is 21.3 Å². The van der Waals surface area contributed by atoms with Crippen LogP contribution in [0.4, 0.5) is 0 Å². The molecule has 0 aromatic heterocycles. The summed E-state index contributed by atoms with van der Waals surface area (Å²) in [5, 5.41) is 9.41. The van der Waals surface area contributed by atoms with Crippen LogP contribution in [0.2, 0.25) is 0 Å². The van der Waals surface area contributed by atoms with Crippen molar-refractivity contribution in [2.45, 2.75) is 31.3 Å². The van der Waals surface area contributed by atoms with Crippen molar-refractivity contribution in [2.75, 3.05) is 20.1 Å². The van der Waals surface area contributed by atoms with Crippen LogP contribution in [0.3, 0.4) is 0 Å². The standard InChI is InChI=1S/C10H22N6O/c1-13-9(7-3-2-4-14-6-7)5-8(11)10(17)15-16-12/h7-9,13-14H,2-6,11H2,1H3,(H2,12,15,17). The summed E-state index contributed by atoms with van der Waals surface area (Å²) in [7, 11) is 1.89. The summed E-state index contributed by atoms with van der Waals surface area (Å²) < 4.78 is 0. The Bertz CT molecular complexity index is 253.